The molecule has 1 aliphatic rings. The topological polar surface area (TPSA) is 29.1 Å². The summed E-state index contributed by atoms with van der Waals surface area (Å²) >= 11 is 8.81. The fourth-order valence-electron chi connectivity index (χ4n) is 2.41. The van der Waals surface area contributed by atoms with E-state index in [1.807, 2.05) is 42.5 Å². The maximum atomic E-state index is 11.9. The molecular formula is C16H13ClINO. The summed E-state index contributed by atoms with van der Waals surface area (Å²) in [5, 5.41) is 2.64. The third kappa shape index (κ3) is 2.69. The Balaban J connectivity index is 1.96. The van der Waals surface area contributed by atoms with Crippen LogP contribution in [0.2, 0.25) is 0 Å². The quantitative estimate of drug-likeness (QED) is 0.604. The van der Waals surface area contributed by atoms with Gasteiger partial charge in [0, 0.05) is 15.7 Å². The van der Waals surface area contributed by atoms with E-state index in [9.17, 15) is 4.79 Å². The van der Waals surface area contributed by atoms with Crippen LogP contribution in [0.15, 0.2) is 42.5 Å². The zero-order valence-electron chi connectivity index (χ0n) is 10.7. The minimum atomic E-state index is -0.230. The highest BCUT2D eigenvalue weighted by atomic mass is 127. The fraction of sp³-hybridized carbons (Fsp3) is 0.188. The van der Waals surface area contributed by atoms with Crippen LogP contribution in [0, 0.1) is 3.57 Å². The van der Waals surface area contributed by atoms with Gasteiger partial charge < -0.3 is 5.32 Å². The van der Waals surface area contributed by atoms with Crippen molar-refractivity contribution in [3.8, 4) is 0 Å². The first-order valence-electron chi connectivity index (χ1n) is 6.46. The molecule has 3 rings (SSSR count). The Kier molecular flexibility index (Phi) is 3.98. The summed E-state index contributed by atoms with van der Waals surface area (Å²) in [7, 11) is 0. The molecule has 0 radical (unpaired) electrons. The van der Waals surface area contributed by atoms with Crippen LogP contribution in [-0.2, 0) is 6.42 Å². The van der Waals surface area contributed by atoms with E-state index in [0.29, 0.717) is 6.54 Å². The molecule has 2 aromatic rings. The third-order valence-electron chi connectivity index (χ3n) is 3.51. The van der Waals surface area contributed by atoms with E-state index in [0.717, 1.165) is 28.7 Å². The fourth-order valence-corrected chi connectivity index (χ4v) is 3.05. The Morgan fingerprint density at radius 1 is 1.10 bits per heavy atom. The number of benzene rings is 2. The summed E-state index contributed by atoms with van der Waals surface area (Å²) in [6.45, 7) is 0.715. The molecule has 102 valence electrons. The van der Waals surface area contributed by atoms with Crippen molar-refractivity contribution >= 4 is 40.1 Å². The number of alkyl halides is 1. The number of halogens is 2. The highest BCUT2D eigenvalue weighted by molar-refractivity contribution is 14.1. The third-order valence-corrected chi connectivity index (χ3v) is 4.74. The normalized spacial score (nSPS) is 15.4. The van der Waals surface area contributed by atoms with Crippen molar-refractivity contribution in [2.75, 3.05) is 6.54 Å². The van der Waals surface area contributed by atoms with Gasteiger partial charge in [-0.1, -0.05) is 24.3 Å². The van der Waals surface area contributed by atoms with Crippen LogP contribution in [-0.4, -0.2) is 12.5 Å². The second-order valence-corrected chi connectivity index (χ2v) is 6.52. The second-order valence-electron chi connectivity index (χ2n) is 4.84. The summed E-state index contributed by atoms with van der Waals surface area (Å²) in [5.74, 6) is -0.000392. The average molecular weight is 398 g/mol. The highest BCUT2D eigenvalue weighted by Gasteiger charge is 2.19. The lowest BCUT2D eigenvalue weighted by atomic mass is 9.95. The van der Waals surface area contributed by atoms with Gasteiger partial charge in [0.25, 0.3) is 5.91 Å². The van der Waals surface area contributed by atoms with Crippen LogP contribution in [0.5, 0.6) is 0 Å². The molecule has 0 aliphatic carbocycles. The highest BCUT2D eigenvalue weighted by Crippen LogP contribution is 2.31. The molecule has 0 bridgehead atoms. The summed E-state index contributed by atoms with van der Waals surface area (Å²) in [5.41, 5.74) is 3.86. The van der Waals surface area contributed by atoms with Crippen LogP contribution >= 0.6 is 34.2 Å². The molecule has 1 N–H and O–H groups in total. The van der Waals surface area contributed by atoms with Gasteiger partial charge in [0.2, 0.25) is 0 Å². The lowest BCUT2D eigenvalue weighted by Crippen LogP contribution is -2.31. The zero-order chi connectivity index (χ0) is 14.1. The SMILES string of the molecule is O=C1NCCc2ccc(C(Cl)c3ccc(I)cc3)cc21. The largest absolute Gasteiger partial charge is 0.352 e. The standard InChI is InChI=1S/C16H13ClINO/c17-15(11-3-5-13(18)6-4-11)12-2-1-10-7-8-19-16(20)14(10)9-12/h1-6,9,15H,7-8H2,(H,19,20). The first kappa shape index (κ1) is 13.9. The smallest absolute Gasteiger partial charge is 0.251 e. The van der Waals surface area contributed by atoms with Gasteiger partial charge in [-0.2, -0.15) is 0 Å². The van der Waals surface area contributed by atoms with Crippen LogP contribution in [0.4, 0.5) is 0 Å². The molecular weight excluding hydrogens is 385 g/mol. The molecule has 4 heteroatoms. The van der Waals surface area contributed by atoms with Gasteiger partial charge in [-0.25, -0.2) is 0 Å². The Bertz CT molecular complexity index is 654. The van der Waals surface area contributed by atoms with Gasteiger partial charge in [0.15, 0.2) is 0 Å². The number of hydrogen-bond acceptors (Lipinski definition) is 1. The van der Waals surface area contributed by atoms with Gasteiger partial charge in [-0.3, -0.25) is 4.79 Å². The van der Waals surface area contributed by atoms with E-state index >= 15 is 0 Å². The maximum Gasteiger partial charge on any atom is 0.251 e. The molecule has 0 aromatic heterocycles. The van der Waals surface area contributed by atoms with Gasteiger partial charge >= 0.3 is 0 Å². The van der Waals surface area contributed by atoms with E-state index in [-0.39, 0.29) is 11.3 Å². The van der Waals surface area contributed by atoms with Crippen LogP contribution < -0.4 is 5.32 Å². The predicted octanol–water partition coefficient (Wildman–Crippen LogP) is 3.91. The zero-order valence-corrected chi connectivity index (χ0v) is 13.6. The van der Waals surface area contributed by atoms with Gasteiger partial charge in [0.05, 0.1) is 5.38 Å². The van der Waals surface area contributed by atoms with Crippen molar-refractivity contribution in [2.24, 2.45) is 0 Å². The lowest BCUT2D eigenvalue weighted by Gasteiger charge is -2.19. The first-order chi connectivity index (χ1) is 9.65. The Labute approximate surface area is 136 Å². The number of amides is 1. The van der Waals surface area contributed by atoms with Crippen LogP contribution in [0.25, 0.3) is 0 Å². The van der Waals surface area contributed by atoms with Gasteiger partial charge in [-0.05, 0) is 63.9 Å². The molecule has 0 fully saturated rings. The number of fused-ring (bicyclic) bond motifs is 1. The monoisotopic (exact) mass is 397 g/mol. The van der Waals surface area contributed by atoms with E-state index in [1.54, 1.807) is 0 Å². The number of hydrogen-bond donors (Lipinski definition) is 1. The molecule has 1 unspecified atom stereocenters. The van der Waals surface area contributed by atoms with Crippen molar-refractivity contribution in [3.05, 3.63) is 68.3 Å². The van der Waals surface area contributed by atoms with Crippen molar-refractivity contribution in [2.45, 2.75) is 11.8 Å². The first-order valence-corrected chi connectivity index (χ1v) is 7.97. The molecule has 1 atom stereocenters. The minimum Gasteiger partial charge on any atom is -0.352 e. The molecule has 2 nitrogen and oxygen atoms in total. The van der Waals surface area contributed by atoms with E-state index < -0.39 is 0 Å². The molecule has 0 saturated carbocycles. The molecule has 1 heterocycles. The number of nitrogens with one attached hydrogen (secondary N) is 1. The Morgan fingerprint density at radius 3 is 2.55 bits per heavy atom. The molecule has 20 heavy (non-hydrogen) atoms. The van der Waals surface area contributed by atoms with Crippen molar-refractivity contribution in [1.29, 1.82) is 0 Å². The van der Waals surface area contributed by atoms with Crippen molar-refractivity contribution < 1.29 is 4.79 Å². The summed E-state index contributed by atoms with van der Waals surface area (Å²) in [6, 6.07) is 14.1. The summed E-state index contributed by atoms with van der Waals surface area (Å²) in [6.07, 6.45) is 0.887. The summed E-state index contributed by atoms with van der Waals surface area (Å²) < 4.78 is 1.18. The minimum absolute atomic E-state index is 0.000392. The van der Waals surface area contributed by atoms with E-state index in [2.05, 4.69) is 27.9 Å². The van der Waals surface area contributed by atoms with Gasteiger partial charge in [0.1, 0.15) is 0 Å². The Hall–Kier alpha value is -1.07. The number of carbonyl (C=O) groups is 1. The lowest BCUT2D eigenvalue weighted by molar-refractivity contribution is 0.0946. The van der Waals surface area contributed by atoms with E-state index in [4.69, 9.17) is 11.6 Å². The molecule has 1 aliphatic heterocycles. The molecule has 0 saturated heterocycles. The number of carbonyl (C=O) groups excluding carboxylic acids is 1. The Morgan fingerprint density at radius 2 is 1.80 bits per heavy atom. The predicted molar refractivity (Wildman–Crippen MR) is 89.3 cm³/mol. The van der Waals surface area contributed by atoms with Gasteiger partial charge in [-0.15, -0.1) is 11.6 Å². The maximum absolute atomic E-state index is 11.9. The molecule has 0 spiro atoms. The van der Waals surface area contributed by atoms with E-state index in [1.165, 1.54) is 3.57 Å². The van der Waals surface area contributed by atoms with Crippen molar-refractivity contribution in [1.82, 2.24) is 5.32 Å². The molecule has 1 amide bonds. The number of rotatable bonds is 2. The van der Waals surface area contributed by atoms with Crippen molar-refractivity contribution in [3.63, 3.8) is 0 Å². The van der Waals surface area contributed by atoms with Crippen LogP contribution in [0.3, 0.4) is 0 Å². The summed E-state index contributed by atoms with van der Waals surface area (Å²) in [4.78, 5) is 11.9. The second kappa shape index (κ2) is 5.74. The molecule has 2 aromatic carbocycles. The average Bonchev–Trinajstić information content (AvgIpc) is 2.47. The van der Waals surface area contributed by atoms with Crippen LogP contribution in [0.1, 0.15) is 32.4 Å².